The van der Waals surface area contributed by atoms with E-state index in [0.717, 1.165) is 5.56 Å². The zero-order valence-electron chi connectivity index (χ0n) is 13.3. The zero-order chi connectivity index (χ0) is 17.9. The fourth-order valence-corrected chi connectivity index (χ4v) is 2.87. The molecule has 0 saturated heterocycles. The molecule has 0 bridgehead atoms. The van der Waals surface area contributed by atoms with Crippen molar-refractivity contribution in [1.82, 2.24) is 0 Å². The Hall–Kier alpha value is -2.05. The van der Waals surface area contributed by atoms with E-state index < -0.39 is 11.9 Å². The van der Waals surface area contributed by atoms with Crippen LogP contribution in [0.15, 0.2) is 52.3 Å². The number of hydrogen-bond donors (Lipinski definition) is 0. The molecule has 0 saturated carbocycles. The Labute approximate surface area is 153 Å². The van der Waals surface area contributed by atoms with Crippen molar-refractivity contribution in [2.75, 3.05) is 19.1 Å². The summed E-state index contributed by atoms with van der Waals surface area (Å²) < 4.78 is 10.3. The molecule has 0 spiro atoms. The number of esters is 2. The molecule has 1 aromatic carbocycles. The molecule has 0 fully saturated rings. The summed E-state index contributed by atoms with van der Waals surface area (Å²) in [6, 6.07) is 3.56. The maximum Gasteiger partial charge on any atom is 0.355 e. The highest BCUT2D eigenvalue weighted by atomic mass is 79.9. The van der Waals surface area contributed by atoms with Crippen molar-refractivity contribution >= 4 is 45.2 Å². The highest BCUT2D eigenvalue weighted by Gasteiger charge is 2.27. The fourth-order valence-electron chi connectivity index (χ4n) is 2.21. The second-order valence-electron chi connectivity index (χ2n) is 4.87. The number of allylic oxidation sites excluding steroid dienone is 2. The standard InChI is InChI=1S/C17H15BrClNO4/c1-10-8-11(9-13(18)14(10)19)20-7-5-4-6-12(16(21)23-2)15(20)17(22)24-3/h4-9H,1-3H3. The van der Waals surface area contributed by atoms with Crippen molar-refractivity contribution in [3.05, 3.63) is 62.9 Å². The lowest BCUT2D eigenvalue weighted by molar-refractivity contribution is -0.139. The summed E-state index contributed by atoms with van der Waals surface area (Å²) in [5.74, 6) is -1.29. The zero-order valence-corrected chi connectivity index (χ0v) is 15.6. The van der Waals surface area contributed by atoms with E-state index in [-0.39, 0.29) is 11.3 Å². The average Bonchev–Trinajstić information content (AvgIpc) is 2.80. The van der Waals surface area contributed by atoms with Gasteiger partial charge < -0.3 is 14.4 Å². The second-order valence-corrected chi connectivity index (χ2v) is 6.11. The van der Waals surface area contributed by atoms with Gasteiger partial charge in [-0.3, -0.25) is 0 Å². The number of benzene rings is 1. The van der Waals surface area contributed by atoms with Crippen LogP contribution in [-0.4, -0.2) is 26.2 Å². The van der Waals surface area contributed by atoms with Gasteiger partial charge in [-0.15, -0.1) is 0 Å². The first-order chi connectivity index (χ1) is 11.4. The van der Waals surface area contributed by atoms with E-state index in [0.29, 0.717) is 15.2 Å². The molecule has 1 heterocycles. The predicted molar refractivity (Wildman–Crippen MR) is 95.7 cm³/mol. The summed E-state index contributed by atoms with van der Waals surface area (Å²) in [5, 5.41) is 0.576. The molecule has 2 rings (SSSR count). The molecular formula is C17H15BrClNO4. The van der Waals surface area contributed by atoms with Crippen molar-refractivity contribution in [2.24, 2.45) is 0 Å². The highest BCUT2D eigenvalue weighted by Crippen LogP contribution is 2.34. The van der Waals surface area contributed by atoms with Gasteiger partial charge in [-0.25, -0.2) is 9.59 Å². The molecule has 0 amide bonds. The third kappa shape index (κ3) is 3.55. The second kappa shape index (κ2) is 7.68. The van der Waals surface area contributed by atoms with E-state index in [2.05, 4.69) is 15.9 Å². The van der Waals surface area contributed by atoms with E-state index in [1.165, 1.54) is 20.3 Å². The highest BCUT2D eigenvalue weighted by molar-refractivity contribution is 9.10. The Bertz CT molecular complexity index is 760. The van der Waals surface area contributed by atoms with Crippen LogP contribution < -0.4 is 4.90 Å². The number of halogens is 2. The minimum absolute atomic E-state index is 0.0583. The summed E-state index contributed by atoms with van der Waals surface area (Å²) >= 11 is 9.57. The van der Waals surface area contributed by atoms with Gasteiger partial charge in [0.1, 0.15) is 5.70 Å². The minimum Gasteiger partial charge on any atom is -0.465 e. The lowest BCUT2D eigenvalue weighted by atomic mass is 10.1. The molecule has 1 aliphatic heterocycles. The molecule has 0 aromatic heterocycles. The molecule has 24 heavy (non-hydrogen) atoms. The third-order valence-corrected chi connectivity index (χ3v) is 4.72. The molecule has 7 heteroatoms. The maximum atomic E-state index is 12.3. The largest absolute Gasteiger partial charge is 0.465 e. The molecule has 0 aliphatic carbocycles. The van der Waals surface area contributed by atoms with Gasteiger partial charge in [-0.2, -0.15) is 0 Å². The first-order valence-corrected chi connectivity index (χ1v) is 8.08. The third-order valence-electron chi connectivity index (χ3n) is 3.36. The van der Waals surface area contributed by atoms with Crippen molar-refractivity contribution in [3.8, 4) is 0 Å². The Balaban J connectivity index is 2.70. The molecule has 0 radical (unpaired) electrons. The van der Waals surface area contributed by atoms with E-state index in [1.807, 2.05) is 6.92 Å². The van der Waals surface area contributed by atoms with Crippen LogP contribution >= 0.6 is 27.5 Å². The number of ether oxygens (including phenoxy) is 2. The molecule has 0 unspecified atom stereocenters. The number of rotatable bonds is 3. The number of hydrogen-bond acceptors (Lipinski definition) is 5. The number of carbonyl (C=O) groups is 2. The van der Waals surface area contributed by atoms with E-state index in [4.69, 9.17) is 21.1 Å². The number of methoxy groups -OCH3 is 2. The number of anilines is 1. The van der Waals surface area contributed by atoms with Gasteiger partial charge in [0.2, 0.25) is 0 Å². The first-order valence-electron chi connectivity index (χ1n) is 6.91. The molecule has 0 N–H and O–H groups in total. The first kappa shape index (κ1) is 18.3. The lowest BCUT2D eigenvalue weighted by Gasteiger charge is -2.24. The quantitative estimate of drug-likeness (QED) is 0.705. The fraction of sp³-hybridized carbons (Fsp3) is 0.176. The van der Waals surface area contributed by atoms with Gasteiger partial charge in [-0.05, 0) is 52.7 Å². The van der Waals surface area contributed by atoms with Gasteiger partial charge in [0.15, 0.2) is 0 Å². The number of carbonyl (C=O) groups excluding carboxylic acids is 2. The van der Waals surface area contributed by atoms with Gasteiger partial charge >= 0.3 is 11.9 Å². The van der Waals surface area contributed by atoms with Crippen LogP contribution in [-0.2, 0) is 19.1 Å². The van der Waals surface area contributed by atoms with E-state index in [9.17, 15) is 9.59 Å². The smallest absolute Gasteiger partial charge is 0.355 e. The van der Waals surface area contributed by atoms with Crippen LogP contribution in [0.2, 0.25) is 5.02 Å². The molecular weight excluding hydrogens is 398 g/mol. The molecule has 1 aliphatic rings. The monoisotopic (exact) mass is 411 g/mol. The molecule has 5 nitrogen and oxygen atoms in total. The summed E-state index contributed by atoms with van der Waals surface area (Å²) in [5.41, 5.74) is 1.61. The average molecular weight is 413 g/mol. The van der Waals surface area contributed by atoms with Crippen LogP contribution in [0.5, 0.6) is 0 Å². The van der Waals surface area contributed by atoms with Crippen LogP contribution in [0.3, 0.4) is 0 Å². The van der Waals surface area contributed by atoms with Gasteiger partial charge in [0, 0.05) is 16.4 Å². The van der Waals surface area contributed by atoms with Crippen molar-refractivity contribution < 1.29 is 19.1 Å². The lowest BCUT2D eigenvalue weighted by Crippen LogP contribution is -2.27. The Kier molecular flexibility index (Phi) is 5.85. The van der Waals surface area contributed by atoms with Crippen LogP contribution in [0.4, 0.5) is 5.69 Å². The van der Waals surface area contributed by atoms with E-state index >= 15 is 0 Å². The van der Waals surface area contributed by atoms with Crippen LogP contribution in [0.1, 0.15) is 5.56 Å². The molecule has 126 valence electrons. The number of aryl methyl sites for hydroxylation is 1. The Morgan fingerprint density at radius 1 is 1.12 bits per heavy atom. The van der Waals surface area contributed by atoms with Crippen LogP contribution in [0, 0.1) is 6.92 Å². The Morgan fingerprint density at radius 3 is 2.38 bits per heavy atom. The predicted octanol–water partition coefficient (Wildman–Crippen LogP) is 3.90. The van der Waals surface area contributed by atoms with Crippen molar-refractivity contribution in [2.45, 2.75) is 6.92 Å². The summed E-state index contributed by atoms with van der Waals surface area (Å²) in [6.07, 6.45) is 6.52. The summed E-state index contributed by atoms with van der Waals surface area (Å²) in [6.45, 7) is 1.85. The van der Waals surface area contributed by atoms with Crippen molar-refractivity contribution in [3.63, 3.8) is 0 Å². The minimum atomic E-state index is -0.657. The number of nitrogens with zero attached hydrogens (tertiary/aromatic N) is 1. The Morgan fingerprint density at radius 2 is 1.79 bits per heavy atom. The summed E-state index contributed by atoms with van der Waals surface area (Å²) in [4.78, 5) is 26.0. The maximum absolute atomic E-state index is 12.3. The van der Waals surface area contributed by atoms with E-state index in [1.54, 1.807) is 35.4 Å². The molecule has 1 aromatic rings. The summed E-state index contributed by atoms with van der Waals surface area (Å²) in [7, 11) is 2.51. The van der Waals surface area contributed by atoms with Crippen molar-refractivity contribution in [1.29, 1.82) is 0 Å². The van der Waals surface area contributed by atoms with Gasteiger partial charge in [-0.1, -0.05) is 17.7 Å². The van der Waals surface area contributed by atoms with Gasteiger partial charge in [0.25, 0.3) is 0 Å². The van der Waals surface area contributed by atoms with Crippen LogP contribution in [0.25, 0.3) is 0 Å². The SMILES string of the molecule is COC(=O)C1=C(C(=O)OC)N(c2cc(C)c(Cl)c(Br)c2)C=CC=C1. The van der Waals surface area contributed by atoms with Gasteiger partial charge in [0.05, 0.1) is 24.8 Å². The topological polar surface area (TPSA) is 55.8 Å². The molecule has 0 atom stereocenters. The normalized spacial score (nSPS) is 13.8.